The number of amides is 1. The van der Waals surface area contributed by atoms with Gasteiger partial charge in [0.05, 0.1) is 7.11 Å². The minimum Gasteiger partial charge on any atom is -0.497 e. The number of rotatable bonds is 5. The standard InChI is InChI=1S/C17H15N3O2/c1-22-16-6-4-13(5-7-16)9-15(10-18)17(21)20-12-14-3-2-8-19-11-14/h2-9,11H,12H2,1H3,(H,20,21)/b15-9-. The van der Waals surface area contributed by atoms with Gasteiger partial charge < -0.3 is 10.1 Å². The molecule has 0 bridgehead atoms. The van der Waals surface area contributed by atoms with Crippen LogP contribution in [0.3, 0.4) is 0 Å². The summed E-state index contributed by atoms with van der Waals surface area (Å²) in [6, 6.07) is 12.7. The first-order valence-electron chi connectivity index (χ1n) is 6.66. The van der Waals surface area contributed by atoms with E-state index in [-0.39, 0.29) is 5.57 Å². The molecule has 1 aromatic carbocycles. The van der Waals surface area contributed by atoms with E-state index in [2.05, 4.69) is 10.3 Å². The van der Waals surface area contributed by atoms with Gasteiger partial charge in [-0.05, 0) is 35.4 Å². The fourth-order valence-electron chi connectivity index (χ4n) is 1.80. The lowest BCUT2D eigenvalue weighted by Crippen LogP contribution is -2.23. The second kappa shape index (κ2) is 7.60. The number of pyridine rings is 1. The Kier molecular flexibility index (Phi) is 5.27. The minimum atomic E-state index is -0.415. The molecule has 0 aliphatic carbocycles. The molecule has 1 heterocycles. The number of hydrogen-bond acceptors (Lipinski definition) is 4. The van der Waals surface area contributed by atoms with Gasteiger partial charge in [-0.1, -0.05) is 18.2 Å². The first-order chi connectivity index (χ1) is 10.7. The highest BCUT2D eigenvalue weighted by Crippen LogP contribution is 2.14. The van der Waals surface area contributed by atoms with Gasteiger partial charge in [0.2, 0.25) is 0 Å². The molecule has 0 spiro atoms. The van der Waals surface area contributed by atoms with E-state index >= 15 is 0 Å². The van der Waals surface area contributed by atoms with E-state index < -0.39 is 5.91 Å². The number of nitrogens with one attached hydrogen (secondary N) is 1. The van der Waals surface area contributed by atoms with Crippen molar-refractivity contribution in [3.8, 4) is 11.8 Å². The number of ether oxygens (including phenoxy) is 1. The quantitative estimate of drug-likeness (QED) is 0.678. The lowest BCUT2D eigenvalue weighted by molar-refractivity contribution is -0.117. The summed E-state index contributed by atoms with van der Waals surface area (Å²) in [5, 5.41) is 11.8. The van der Waals surface area contributed by atoms with E-state index in [1.807, 2.05) is 12.1 Å². The van der Waals surface area contributed by atoms with Gasteiger partial charge in [-0.3, -0.25) is 9.78 Å². The van der Waals surface area contributed by atoms with Gasteiger partial charge in [0.15, 0.2) is 0 Å². The average molecular weight is 293 g/mol. The summed E-state index contributed by atoms with van der Waals surface area (Å²) in [4.78, 5) is 16.0. The number of carbonyl (C=O) groups is 1. The Morgan fingerprint density at radius 2 is 2.14 bits per heavy atom. The van der Waals surface area contributed by atoms with Gasteiger partial charge in [0.1, 0.15) is 17.4 Å². The minimum absolute atomic E-state index is 0.0501. The Morgan fingerprint density at radius 3 is 2.73 bits per heavy atom. The molecule has 110 valence electrons. The van der Waals surface area contributed by atoms with Crippen molar-refractivity contribution in [2.24, 2.45) is 0 Å². The van der Waals surface area contributed by atoms with Crippen LogP contribution in [0.1, 0.15) is 11.1 Å². The second-order valence-electron chi connectivity index (χ2n) is 4.49. The van der Waals surface area contributed by atoms with Crippen molar-refractivity contribution in [1.29, 1.82) is 5.26 Å². The average Bonchev–Trinajstić information content (AvgIpc) is 2.59. The Balaban J connectivity index is 2.04. The number of methoxy groups -OCH3 is 1. The van der Waals surface area contributed by atoms with E-state index in [4.69, 9.17) is 10.00 Å². The van der Waals surface area contributed by atoms with Crippen molar-refractivity contribution in [1.82, 2.24) is 10.3 Å². The molecule has 0 saturated carbocycles. The summed E-state index contributed by atoms with van der Waals surface area (Å²) in [6.45, 7) is 0.328. The van der Waals surface area contributed by atoms with E-state index in [0.717, 1.165) is 16.9 Å². The second-order valence-corrected chi connectivity index (χ2v) is 4.49. The van der Waals surface area contributed by atoms with Crippen molar-refractivity contribution in [3.63, 3.8) is 0 Å². The van der Waals surface area contributed by atoms with Crippen LogP contribution in [-0.4, -0.2) is 18.0 Å². The third-order valence-corrected chi connectivity index (χ3v) is 2.97. The number of benzene rings is 1. The fourth-order valence-corrected chi connectivity index (χ4v) is 1.80. The van der Waals surface area contributed by atoms with Crippen LogP contribution in [0.5, 0.6) is 5.75 Å². The molecule has 22 heavy (non-hydrogen) atoms. The highest BCUT2D eigenvalue weighted by Gasteiger charge is 2.08. The van der Waals surface area contributed by atoms with Crippen molar-refractivity contribution in [2.75, 3.05) is 7.11 Å². The molecule has 0 saturated heterocycles. The molecule has 0 atom stereocenters. The predicted molar refractivity (Wildman–Crippen MR) is 82.7 cm³/mol. The van der Waals surface area contributed by atoms with Crippen molar-refractivity contribution >= 4 is 12.0 Å². The Labute approximate surface area is 128 Å². The number of hydrogen-bond donors (Lipinski definition) is 1. The van der Waals surface area contributed by atoms with Crippen LogP contribution in [0.25, 0.3) is 6.08 Å². The molecular formula is C17H15N3O2. The van der Waals surface area contributed by atoms with Crippen LogP contribution < -0.4 is 10.1 Å². The van der Waals surface area contributed by atoms with Gasteiger partial charge in [0.25, 0.3) is 5.91 Å². The van der Waals surface area contributed by atoms with Crippen LogP contribution >= 0.6 is 0 Å². The van der Waals surface area contributed by atoms with Crippen LogP contribution in [0.2, 0.25) is 0 Å². The Morgan fingerprint density at radius 1 is 1.36 bits per heavy atom. The molecular weight excluding hydrogens is 278 g/mol. The maximum atomic E-state index is 12.0. The van der Waals surface area contributed by atoms with Gasteiger partial charge in [0, 0.05) is 18.9 Å². The largest absolute Gasteiger partial charge is 0.497 e. The molecule has 0 fully saturated rings. The van der Waals surface area contributed by atoms with Crippen LogP contribution in [0.4, 0.5) is 0 Å². The number of nitriles is 1. The molecule has 0 aliphatic heterocycles. The zero-order valence-corrected chi connectivity index (χ0v) is 12.1. The van der Waals surface area contributed by atoms with E-state index in [1.54, 1.807) is 49.8 Å². The molecule has 5 nitrogen and oxygen atoms in total. The first-order valence-corrected chi connectivity index (χ1v) is 6.66. The van der Waals surface area contributed by atoms with Crippen molar-refractivity contribution in [3.05, 3.63) is 65.5 Å². The first kappa shape index (κ1) is 15.3. The number of carbonyl (C=O) groups excluding carboxylic acids is 1. The third-order valence-electron chi connectivity index (χ3n) is 2.97. The molecule has 1 amide bonds. The van der Waals surface area contributed by atoms with E-state index in [9.17, 15) is 4.79 Å². The number of nitrogens with zero attached hydrogens (tertiary/aromatic N) is 2. The summed E-state index contributed by atoms with van der Waals surface area (Å²) in [6.07, 6.45) is 4.87. The van der Waals surface area contributed by atoms with Gasteiger partial charge in [-0.2, -0.15) is 5.26 Å². The topological polar surface area (TPSA) is 75.0 Å². The van der Waals surface area contributed by atoms with E-state index in [1.165, 1.54) is 6.08 Å². The maximum Gasteiger partial charge on any atom is 0.262 e. The lowest BCUT2D eigenvalue weighted by atomic mass is 10.1. The SMILES string of the molecule is COc1ccc(/C=C(/C#N)C(=O)NCc2cccnc2)cc1. The summed E-state index contributed by atoms with van der Waals surface area (Å²) < 4.78 is 5.06. The fraction of sp³-hybridized carbons (Fsp3) is 0.118. The Bertz CT molecular complexity index is 701. The van der Waals surface area contributed by atoms with Gasteiger partial charge >= 0.3 is 0 Å². The molecule has 0 aliphatic rings. The van der Waals surface area contributed by atoms with Gasteiger partial charge in [-0.15, -0.1) is 0 Å². The van der Waals surface area contributed by atoms with Crippen LogP contribution in [0, 0.1) is 11.3 Å². The van der Waals surface area contributed by atoms with Gasteiger partial charge in [-0.25, -0.2) is 0 Å². The van der Waals surface area contributed by atoms with Crippen molar-refractivity contribution in [2.45, 2.75) is 6.54 Å². The molecule has 2 aromatic rings. The van der Waals surface area contributed by atoms with Crippen molar-refractivity contribution < 1.29 is 9.53 Å². The normalized spacial score (nSPS) is 10.6. The highest BCUT2D eigenvalue weighted by atomic mass is 16.5. The third kappa shape index (κ3) is 4.18. The van der Waals surface area contributed by atoms with Crippen LogP contribution in [0.15, 0.2) is 54.4 Å². The predicted octanol–water partition coefficient (Wildman–Crippen LogP) is 2.31. The smallest absolute Gasteiger partial charge is 0.262 e. The molecule has 1 N–H and O–H groups in total. The summed E-state index contributed by atoms with van der Waals surface area (Å²) in [5.74, 6) is 0.304. The molecule has 5 heteroatoms. The number of aromatic nitrogens is 1. The summed E-state index contributed by atoms with van der Waals surface area (Å²) >= 11 is 0. The monoisotopic (exact) mass is 293 g/mol. The zero-order chi connectivity index (χ0) is 15.8. The summed E-state index contributed by atoms with van der Waals surface area (Å²) in [7, 11) is 1.58. The Hall–Kier alpha value is -3.13. The molecule has 1 aromatic heterocycles. The van der Waals surface area contributed by atoms with Crippen LogP contribution in [-0.2, 0) is 11.3 Å². The molecule has 0 radical (unpaired) electrons. The molecule has 2 rings (SSSR count). The lowest BCUT2D eigenvalue weighted by Gasteiger charge is -2.04. The highest BCUT2D eigenvalue weighted by molar-refractivity contribution is 6.01. The molecule has 0 unspecified atom stereocenters. The maximum absolute atomic E-state index is 12.0. The summed E-state index contributed by atoms with van der Waals surface area (Å²) in [5.41, 5.74) is 1.68. The zero-order valence-electron chi connectivity index (χ0n) is 12.1. The van der Waals surface area contributed by atoms with E-state index in [0.29, 0.717) is 6.54 Å².